The van der Waals surface area contributed by atoms with Crippen molar-refractivity contribution in [1.29, 1.82) is 0 Å². The minimum absolute atomic E-state index is 0.139. The Morgan fingerprint density at radius 3 is 2.04 bits per heavy atom. The number of carbonyl (C=O) groups is 1. The van der Waals surface area contributed by atoms with E-state index >= 15 is 0 Å². The number of hydrogen-bond donors (Lipinski definition) is 0. The van der Waals surface area contributed by atoms with Gasteiger partial charge in [-0.15, -0.1) is 0 Å². The Morgan fingerprint density at radius 2 is 1.44 bits per heavy atom. The topological polar surface area (TPSA) is 26.3 Å². The highest BCUT2D eigenvalue weighted by Crippen LogP contribution is 2.23. The fourth-order valence-electron chi connectivity index (χ4n) is 3.50. The number of Topliss-reactive ketones (excluding diaryl/α,β-unsaturated/α-hetero) is 1. The van der Waals surface area contributed by atoms with Gasteiger partial charge in [0.15, 0.2) is 5.78 Å². The first-order chi connectivity index (χ1) is 13.3. The van der Waals surface area contributed by atoms with Gasteiger partial charge in [-0.05, 0) is 18.9 Å². The Morgan fingerprint density at radius 1 is 0.815 bits per heavy atom. The molecule has 1 aromatic carbocycles. The smallest absolute Gasteiger partial charge is 0.189 e. The van der Waals surface area contributed by atoms with E-state index in [0.717, 1.165) is 42.8 Å². The molecular weight excluding hydrogens is 332 g/mol. The third-order valence-corrected chi connectivity index (χ3v) is 5.22. The molecule has 0 aliphatic heterocycles. The molecule has 2 nitrogen and oxygen atoms in total. The summed E-state index contributed by atoms with van der Waals surface area (Å²) in [6.07, 6.45) is 18.9. The molecule has 0 radical (unpaired) electrons. The summed E-state index contributed by atoms with van der Waals surface area (Å²) in [5.41, 5.74) is 1.65. The first-order valence-electron chi connectivity index (χ1n) is 10.9. The maximum Gasteiger partial charge on any atom is 0.189 e. The fourth-order valence-corrected chi connectivity index (χ4v) is 3.50. The maximum atomic E-state index is 12.4. The van der Waals surface area contributed by atoms with E-state index in [1.807, 2.05) is 42.5 Å². The lowest BCUT2D eigenvalue weighted by molar-refractivity contribution is 0.102. The van der Waals surface area contributed by atoms with Gasteiger partial charge >= 0.3 is 0 Å². The van der Waals surface area contributed by atoms with Crippen molar-refractivity contribution in [3.05, 3.63) is 59.4 Å². The molecule has 2 heteroatoms. The van der Waals surface area contributed by atoms with E-state index in [4.69, 9.17) is 4.74 Å². The first-order valence-corrected chi connectivity index (χ1v) is 10.9. The largest absolute Gasteiger partial charge is 0.498 e. The summed E-state index contributed by atoms with van der Waals surface area (Å²) in [4.78, 5) is 12.4. The molecule has 0 unspecified atom stereocenters. The summed E-state index contributed by atoms with van der Waals surface area (Å²) in [6.45, 7) is 3.07. The standard InChI is InChI=1S/C25H36O2/c1-2-3-4-5-6-7-8-9-10-14-21-27-24-19-17-23(18-20-24)25(26)22-15-12-11-13-16-22/h11-13,15-17,19H,2-10,14,18,20-21H2,1H3. The quantitative estimate of drug-likeness (QED) is 0.252. The molecule has 0 amide bonds. The van der Waals surface area contributed by atoms with Crippen LogP contribution in [-0.4, -0.2) is 12.4 Å². The van der Waals surface area contributed by atoms with E-state index in [-0.39, 0.29) is 5.78 Å². The average molecular weight is 369 g/mol. The van der Waals surface area contributed by atoms with Gasteiger partial charge in [0.1, 0.15) is 0 Å². The van der Waals surface area contributed by atoms with Crippen molar-refractivity contribution < 1.29 is 9.53 Å². The number of unbranched alkanes of at least 4 members (excludes halogenated alkanes) is 9. The summed E-state index contributed by atoms with van der Waals surface area (Å²) in [5, 5.41) is 0. The second kappa shape index (κ2) is 13.4. The zero-order valence-electron chi connectivity index (χ0n) is 17.1. The van der Waals surface area contributed by atoms with Gasteiger partial charge in [-0.3, -0.25) is 4.79 Å². The van der Waals surface area contributed by atoms with Crippen LogP contribution < -0.4 is 0 Å². The molecule has 0 fully saturated rings. The highest BCUT2D eigenvalue weighted by molar-refractivity contribution is 6.08. The SMILES string of the molecule is CCCCCCCCCCCCOC1=CC=C(C(=O)c2ccccc2)CC1. The van der Waals surface area contributed by atoms with Crippen LogP contribution in [-0.2, 0) is 4.74 Å². The second-order valence-corrected chi connectivity index (χ2v) is 7.55. The first kappa shape index (κ1) is 21.5. The predicted molar refractivity (Wildman–Crippen MR) is 114 cm³/mol. The predicted octanol–water partition coefficient (Wildman–Crippen LogP) is 7.41. The number of benzene rings is 1. The number of hydrogen-bond acceptors (Lipinski definition) is 2. The summed E-state index contributed by atoms with van der Waals surface area (Å²) in [6, 6.07) is 9.51. The van der Waals surface area contributed by atoms with E-state index < -0.39 is 0 Å². The van der Waals surface area contributed by atoms with E-state index in [2.05, 4.69) is 6.92 Å². The van der Waals surface area contributed by atoms with E-state index in [9.17, 15) is 4.79 Å². The molecule has 0 heterocycles. The van der Waals surface area contributed by atoms with Crippen molar-refractivity contribution in [2.75, 3.05) is 6.61 Å². The van der Waals surface area contributed by atoms with Crippen molar-refractivity contribution in [2.45, 2.75) is 84.0 Å². The van der Waals surface area contributed by atoms with Crippen molar-refractivity contribution in [3.8, 4) is 0 Å². The third kappa shape index (κ3) is 8.60. The monoisotopic (exact) mass is 368 g/mol. The number of rotatable bonds is 14. The van der Waals surface area contributed by atoms with Gasteiger partial charge < -0.3 is 4.74 Å². The Hall–Kier alpha value is -1.83. The van der Waals surface area contributed by atoms with Crippen molar-refractivity contribution >= 4 is 5.78 Å². The highest BCUT2D eigenvalue weighted by Gasteiger charge is 2.15. The molecule has 27 heavy (non-hydrogen) atoms. The van der Waals surface area contributed by atoms with E-state index in [0.29, 0.717) is 0 Å². The van der Waals surface area contributed by atoms with Gasteiger partial charge in [0.2, 0.25) is 0 Å². The number of ether oxygens (including phenoxy) is 1. The summed E-state index contributed by atoms with van der Waals surface area (Å²) in [7, 11) is 0. The molecule has 2 rings (SSSR count). The van der Waals surface area contributed by atoms with Gasteiger partial charge in [-0.25, -0.2) is 0 Å². The van der Waals surface area contributed by atoms with E-state index in [1.54, 1.807) is 0 Å². The molecule has 148 valence electrons. The Bertz CT molecular complexity index is 598. The molecule has 0 saturated heterocycles. The minimum atomic E-state index is 0.139. The third-order valence-electron chi connectivity index (χ3n) is 5.22. The van der Waals surface area contributed by atoms with Gasteiger partial charge in [-0.1, -0.05) is 101 Å². The fraction of sp³-hybridized carbons (Fsp3) is 0.560. The van der Waals surface area contributed by atoms with Crippen LogP contribution in [0.25, 0.3) is 0 Å². The van der Waals surface area contributed by atoms with Crippen LogP contribution in [0, 0.1) is 0 Å². The molecule has 1 aliphatic rings. The number of ketones is 1. The number of allylic oxidation sites excluding steroid dienone is 4. The zero-order chi connectivity index (χ0) is 19.2. The van der Waals surface area contributed by atoms with Crippen molar-refractivity contribution in [2.24, 2.45) is 0 Å². The second-order valence-electron chi connectivity index (χ2n) is 7.55. The summed E-state index contributed by atoms with van der Waals surface area (Å²) in [5.74, 6) is 1.16. The van der Waals surface area contributed by atoms with E-state index in [1.165, 1.54) is 57.8 Å². The van der Waals surface area contributed by atoms with Crippen LogP contribution in [0.15, 0.2) is 53.8 Å². The van der Waals surface area contributed by atoms with Crippen LogP contribution in [0.1, 0.15) is 94.3 Å². The molecule has 0 saturated carbocycles. The lowest BCUT2D eigenvalue weighted by Crippen LogP contribution is -2.07. The minimum Gasteiger partial charge on any atom is -0.498 e. The Kier molecular flexibility index (Phi) is 10.6. The highest BCUT2D eigenvalue weighted by atomic mass is 16.5. The molecule has 0 atom stereocenters. The van der Waals surface area contributed by atoms with Crippen molar-refractivity contribution in [1.82, 2.24) is 0 Å². The molecule has 1 aliphatic carbocycles. The van der Waals surface area contributed by atoms with Crippen LogP contribution in [0.3, 0.4) is 0 Å². The van der Waals surface area contributed by atoms with Gasteiger partial charge in [0.05, 0.1) is 12.4 Å². The van der Waals surface area contributed by atoms with Crippen LogP contribution in [0.5, 0.6) is 0 Å². The molecule has 1 aromatic rings. The van der Waals surface area contributed by atoms with Gasteiger partial charge in [0, 0.05) is 17.6 Å². The molecule has 0 N–H and O–H groups in total. The normalized spacial score (nSPS) is 13.8. The molecule has 0 aromatic heterocycles. The summed E-state index contributed by atoms with van der Waals surface area (Å²) >= 11 is 0. The Balaban J connectivity index is 1.54. The average Bonchev–Trinajstić information content (AvgIpc) is 2.72. The molecular formula is C25H36O2. The lowest BCUT2D eigenvalue weighted by atomic mass is 9.95. The van der Waals surface area contributed by atoms with Gasteiger partial charge in [-0.2, -0.15) is 0 Å². The Labute approximate surface area is 165 Å². The lowest BCUT2D eigenvalue weighted by Gasteiger charge is -2.15. The number of carbonyl (C=O) groups excluding carboxylic acids is 1. The molecule has 0 bridgehead atoms. The van der Waals surface area contributed by atoms with Crippen LogP contribution >= 0.6 is 0 Å². The summed E-state index contributed by atoms with van der Waals surface area (Å²) < 4.78 is 5.89. The van der Waals surface area contributed by atoms with Crippen LogP contribution in [0.2, 0.25) is 0 Å². The van der Waals surface area contributed by atoms with Crippen molar-refractivity contribution in [3.63, 3.8) is 0 Å². The maximum absolute atomic E-state index is 12.4. The molecule has 0 spiro atoms. The van der Waals surface area contributed by atoms with Crippen LogP contribution in [0.4, 0.5) is 0 Å². The zero-order valence-corrected chi connectivity index (χ0v) is 17.1. The van der Waals surface area contributed by atoms with Gasteiger partial charge in [0.25, 0.3) is 0 Å².